The Bertz CT molecular complexity index is 1370. The summed E-state index contributed by atoms with van der Waals surface area (Å²) in [5, 5.41) is 9.26. The standard InChI is InChI=1S/C28H30ClN5O3/c1-2-12-30-27(36)19-6-11-25(23(14-19)32-28(37)31-22-9-7-21(29)8-10-22)33-15-18-13-20(17-33)24-4-3-5-26(35)34(24)16-18/h3-11,14,18,20H,2,12-13,15-17H2,1H3,(H,30,36)(H2,31,32,37)/t18-,20+/m1/s1. The molecule has 3 amide bonds. The van der Waals surface area contributed by atoms with Crippen LogP contribution in [0.15, 0.2) is 65.5 Å². The number of hydrogen-bond donors (Lipinski definition) is 3. The van der Waals surface area contributed by atoms with Crippen LogP contribution >= 0.6 is 11.6 Å². The van der Waals surface area contributed by atoms with Gasteiger partial charge >= 0.3 is 6.03 Å². The third kappa shape index (κ3) is 5.49. The van der Waals surface area contributed by atoms with Crippen LogP contribution in [0.1, 0.15) is 41.7 Å². The lowest BCUT2D eigenvalue weighted by Crippen LogP contribution is -2.47. The molecule has 192 valence electrons. The molecule has 2 aromatic carbocycles. The van der Waals surface area contributed by atoms with Gasteiger partial charge in [0.25, 0.3) is 11.5 Å². The molecule has 0 aliphatic carbocycles. The molecule has 1 fully saturated rings. The highest BCUT2D eigenvalue weighted by molar-refractivity contribution is 6.30. The first-order valence-electron chi connectivity index (χ1n) is 12.6. The highest BCUT2D eigenvalue weighted by Gasteiger charge is 2.35. The Hall–Kier alpha value is -3.78. The fraction of sp³-hybridized carbons (Fsp3) is 0.321. The predicted octanol–water partition coefficient (Wildman–Crippen LogP) is 4.91. The van der Waals surface area contributed by atoms with Crippen LogP contribution in [0, 0.1) is 5.92 Å². The Morgan fingerprint density at radius 1 is 1.00 bits per heavy atom. The zero-order valence-corrected chi connectivity index (χ0v) is 21.4. The SMILES string of the molecule is CCCNC(=O)c1ccc(N2C[C@H]3C[C@@H](C2)c2cccc(=O)n2C3)c(NC(=O)Nc2ccc(Cl)cc2)c1. The van der Waals surface area contributed by atoms with E-state index in [2.05, 4.69) is 20.9 Å². The fourth-order valence-corrected chi connectivity index (χ4v) is 5.43. The number of nitrogens with one attached hydrogen (secondary N) is 3. The molecule has 0 saturated carbocycles. The number of amides is 3. The largest absolute Gasteiger partial charge is 0.369 e. The number of hydrogen-bond acceptors (Lipinski definition) is 4. The van der Waals surface area contributed by atoms with E-state index in [1.54, 1.807) is 42.5 Å². The minimum atomic E-state index is -0.413. The normalized spacial score (nSPS) is 18.1. The highest BCUT2D eigenvalue weighted by Crippen LogP contribution is 2.39. The first-order valence-corrected chi connectivity index (χ1v) is 13.0. The van der Waals surface area contributed by atoms with Crippen LogP contribution in [0.3, 0.4) is 0 Å². The summed E-state index contributed by atoms with van der Waals surface area (Å²) in [5.74, 6) is 0.345. The van der Waals surface area contributed by atoms with Crippen LogP contribution in [0.4, 0.5) is 21.9 Å². The van der Waals surface area contributed by atoms with Crippen LogP contribution in [0.25, 0.3) is 0 Å². The molecular formula is C28H30ClN5O3. The first kappa shape index (κ1) is 24.9. The van der Waals surface area contributed by atoms with Gasteiger partial charge in [-0.15, -0.1) is 0 Å². The first-order chi connectivity index (χ1) is 17.9. The van der Waals surface area contributed by atoms with Crippen LogP contribution in [0.5, 0.6) is 0 Å². The van der Waals surface area contributed by atoms with Gasteiger partial charge in [0.05, 0.1) is 11.4 Å². The molecule has 3 N–H and O–H groups in total. The number of anilines is 3. The minimum Gasteiger partial charge on any atom is -0.369 e. The number of rotatable bonds is 6. The van der Waals surface area contributed by atoms with Crippen molar-refractivity contribution in [2.75, 3.05) is 35.2 Å². The second-order valence-electron chi connectivity index (χ2n) is 9.68. The number of fused-ring (bicyclic) bond motifs is 4. The van der Waals surface area contributed by atoms with Gasteiger partial charge < -0.3 is 25.4 Å². The van der Waals surface area contributed by atoms with Crippen molar-refractivity contribution >= 4 is 40.6 Å². The second kappa shape index (κ2) is 10.7. The third-order valence-electron chi connectivity index (χ3n) is 6.97. The van der Waals surface area contributed by atoms with E-state index in [1.807, 2.05) is 29.7 Å². The van der Waals surface area contributed by atoms with Crippen molar-refractivity contribution in [3.05, 3.63) is 87.3 Å². The molecule has 37 heavy (non-hydrogen) atoms. The van der Waals surface area contributed by atoms with E-state index in [-0.39, 0.29) is 17.4 Å². The maximum atomic E-state index is 12.9. The Morgan fingerprint density at radius 2 is 1.81 bits per heavy atom. The van der Waals surface area contributed by atoms with Crippen molar-refractivity contribution in [1.82, 2.24) is 9.88 Å². The van der Waals surface area contributed by atoms with Gasteiger partial charge in [0, 0.05) is 60.1 Å². The van der Waals surface area contributed by atoms with E-state index in [0.29, 0.717) is 41.0 Å². The van der Waals surface area contributed by atoms with E-state index < -0.39 is 6.03 Å². The summed E-state index contributed by atoms with van der Waals surface area (Å²) < 4.78 is 1.90. The van der Waals surface area contributed by atoms with E-state index in [9.17, 15) is 14.4 Å². The molecule has 5 rings (SSSR count). The molecule has 3 aromatic rings. The van der Waals surface area contributed by atoms with Gasteiger partial charge in [-0.25, -0.2) is 4.79 Å². The average Bonchev–Trinajstić information content (AvgIpc) is 2.89. The Labute approximate surface area is 220 Å². The molecule has 1 aromatic heterocycles. The number of nitrogens with zero attached hydrogens (tertiary/aromatic N) is 2. The van der Waals surface area contributed by atoms with Crippen molar-refractivity contribution < 1.29 is 9.59 Å². The van der Waals surface area contributed by atoms with Gasteiger partial charge in [-0.05, 0) is 67.3 Å². The van der Waals surface area contributed by atoms with E-state index >= 15 is 0 Å². The molecule has 9 heteroatoms. The minimum absolute atomic E-state index is 0.0457. The van der Waals surface area contributed by atoms with E-state index in [1.165, 1.54) is 0 Å². The number of aromatic nitrogens is 1. The zero-order valence-electron chi connectivity index (χ0n) is 20.7. The van der Waals surface area contributed by atoms with Crippen molar-refractivity contribution in [2.45, 2.75) is 32.2 Å². The highest BCUT2D eigenvalue weighted by atomic mass is 35.5. The lowest BCUT2D eigenvalue weighted by molar-refractivity contribution is 0.0953. The lowest BCUT2D eigenvalue weighted by atomic mass is 9.83. The van der Waals surface area contributed by atoms with Crippen molar-refractivity contribution in [2.24, 2.45) is 5.92 Å². The molecule has 2 aliphatic heterocycles. The smallest absolute Gasteiger partial charge is 0.323 e. The third-order valence-corrected chi connectivity index (χ3v) is 7.22. The number of carbonyl (C=O) groups excluding carboxylic acids is 2. The zero-order chi connectivity index (χ0) is 25.9. The average molecular weight is 520 g/mol. The van der Waals surface area contributed by atoms with Crippen molar-refractivity contribution in [3.63, 3.8) is 0 Å². The number of carbonyl (C=O) groups is 2. The summed E-state index contributed by atoms with van der Waals surface area (Å²) in [6, 6.07) is 17.3. The number of benzene rings is 2. The van der Waals surface area contributed by atoms with Gasteiger partial charge in [0.2, 0.25) is 0 Å². The lowest BCUT2D eigenvalue weighted by Gasteiger charge is -2.44. The maximum Gasteiger partial charge on any atom is 0.323 e. The second-order valence-corrected chi connectivity index (χ2v) is 10.1. The predicted molar refractivity (Wildman–Crippen MR) is 147 cm³/mol. The van der Waals surface area contributed by atoms with E-state index in [4.69, 9.17) is 11.6 Å². The van der Waals surface area contributed by atoms with Crippen molar-refractivity contribution in [1.29, 1.82) is 0 Å². The Balaban J connectivity index is 1.43. The molecule has 8 nitrogen and oxygen atoms in total. The van der Waals surface area contributed by atoms with Crippen LogP contribution < -0.4 is 26.4 Å². The number of urea groups is 1. The monoisotopic (exact) mass is 519 g/mol. The van der Waals surface area contributed by atoms with Gasteiger partial charge in [-0.3, -0.25) is 9.59 Å². The molecule has 0 spiro atoms. The number of piperidine rings is 1. The summed E-state index contributed by atoms with van der Waals surface area (Å²) in [6.45, 7) is 4.73. The van der Waals surface area contributed by atoms with Crippen LogP contribution in [0.2, 0.25) is 5.02 Å². The molecule has 3 heterocycles. The molecular weight excluding hydrogens is 490 g/mol. The molecule has 0 unspecified atom stereocenters. The van der Waals surface area contributed by atoms with Crippen LogP contribution in [-0.2, 0) is 6.54 Å². The van der Waals surface area contributed by atoms with Gasteiger partial charge in [0.15, 0.2) is 0 Å². The topological polar surface area (TPSA) is 95.5 Å². The molecule has 2 atom stereocenters. The summed E-state index contributed by atoms with van der Waals surface area (Å²) in [6.07, 6.45) is 1.86. The summed E-state index contributed by atoms with van der Waals surface area (Å²) >= 11 is 5.96. The van der Waals surface area contributed by atoms with Gasteiger partial charge in [0.1, 0.15) is 0 Å². The van der Waals surface area contributed by atoms with Crippen LogP contribution in [-0.4, -0.2) is 36.1 Å². The quantitative estimate of drug-likeness (QED) is 0.431. The van der Waals surface area contributed by atoms with Crippen molar-refractivity contribution in [3.8, 4) is 0 Å². The summed E-state index contributed by atoms with van der Waals surface area (Å²) in [5.41, 5.74) is 3.59. The fourth-order valence-electron chi connectivity index (χ4n) is 5.30. The van der Waals surface area contributed by atoms with Gasteiger partial charge in [-0.1, -0.05) is 24.6 Å². The summed E-state index contributed by atoms with van der Waals surface area (Å²) in [4.78, 5) is 40.3. The molecule has 1 saturated heterocycles. The summed E-state index contributed by atoms with van der Waals surface area (Å²) in [7, 11) is 0. The maximum absolute atomic E-state index is 12.9. The number of pyridine rings is 1. The molecule has 2 aliphatic rings. The Morgan fingerprint density at radius 3 is 2.59 bits per heavy atom. The number of halogens is 1. The Kier molecular flexibility index (Phi) is 7.19. The molecule has 2 bridgehead atoms. The van der Waals surface area contributed by atoms with E-state index in [0.717, 1.165) is 37.3 Å². The van der Waals surface area contributed by atoms with Gasteiger partial charge in [-0.2, -0.15) is 0 Å². The molecule has 0 radical (unpaired) electrons.